The SMILES string of the molecule is CC(C)Cc1ccc(C(C)N(CCC(=O)O)C2CC2)cc1. The van der Waals surface area contributed by atoms with Crippen molar-refractivity contribution in [3.8, 4) is 0 Å². The van der Waals surface area contributed by atoms with Crippen molar-refractivity contribution in [2.24, 2.45) is 5.92 Å². The predicted octanol–water partition coefficient (Wildman–Crippen LogP) is 3.89. The Morgan fingerprint density at radius 2 is 1.86 bits per heavy atom. The van der Waals surface area contributed by atoms with Gasteiger partial charge in [0.2, 0.25) is 0 Å². The van der Waals surface area contributed by atoms with E-state index in [9.17, 15) is 4.79 Å². The van der Waals surface area contributed by atoms with Crippen molar-refractivity contribution in [2.45, 2.75) is 58.5 Å². The van der Waals surface area contributed by atoms with E-state index in [0.29, 0.717) is 24.5 Å². The summed E-state index contributed by atoms with van der Waals surface area (Å²) in [5, 5.41) is 8.91. The highest BCUT2D eigenvalue weighted by Crippen LogP contribution is 2.34. The molecule has 21 heavy (non-hydrogen) atoms. The molecule has 116 valence electrons. The zero-order chi connectivity index (χ0) is 15.4. The third-order valence-corrected chi connectivity index (χ3v) is 4.20. The summed E-state index contributed by atoms with van der Waals surface area (Å²) in [4.78, 5) is 13.2. The maximum atomic E-state index is 10.8. The lowest BCUT2D eigenvalue weighted by Crippen LogP contribution is -2.31. The Morgan fingerprint density at radius 1 is 1.24 bits per heavy atom. The molecule has 3 heteroatoms. The molecule has 0 bridgehead atoms. The van der Waals surface area contributed by atoms with Crippen molar-refractivity contribution in [3.05, 3.63) is 35.4 Å². The molecule has 1 aliphatic carbocycles. The van der Waals surface area contributed by atoms with Gasteiger partial charge in [-0.25, -0.2) is 0 Å². The number of carboxylic acids is 1. The van der Waals surface area contributed by atoms with E-state index in [0.717, 1.165) is 6.42 Å². The van der Waals surface area contributed by atoms with E-state index in [4.69, 9.17) is 5.11 Å². The quantitative estimate of drug-likeness (QED) is 0.789. The van der Waals surface area contributed by atoms with Gasteiger partial charge in [-0.15, -0.1) is 0 Å². The van der Waals surface area contributed by atoms with Gasteiger partial charge in [-0.3, -0.25) is 9.69 Å². The Hall–Kier alpha value is -1.35. The summed E-state index contributed by atoms with van der Waals surface area (Å²) in [7, 11) is 0. The van der Waals surface area contributed by atoms with Gasteiger partial charge < -0.3 is 5.11 Å². The number of nitrogens with zero attached hydrogens (tertiary/aromatic N) is 1. The monoisotopic (exact) mass is 289 g/mol. The molecule has 0 spiro atoms. The molecule has 1 aromatic carbocycles. The minimum Gasteiger partial charge on any atom is -0.481 e. The van der Waals surface area contributed by atoms with Gasteiger partial charge in [0.1, 0.15) is 0 Å². The first-order valence-corrected chi connectivity index (χ1v) is 8.03. The third-order valence-electron chi connectivity index (χ3n) is 4.20. The molecule has 1 saturated carbocycles. The molecule has 0 aliphatic heterocycles. The molecule has 0 heterocycles. The van der Waals surface area contributed by atoms with Crippen LogP contribution in [-0.4, -0.2) is 28.6 Å². The Labute approximate surface area is 128 Å². The van der Waals surface area contributed by atoms with Gasteiger partial charge in [-0.2, -0.15) is 0 Å². The molecule has 1 aromatic rings. The first-order valence-electron chi connectivity index (χ1n) is 8.03. The Bertz CT molecular complexity index is 463. The lowest BCUT2D eigenvalue weighted by Gasteiger charge is -2.29. The minimum atomic E-state index is -0.708. The van der Waals surface area contributed by atoms with E-state index < -0.39 is 5.97 Å². The fourth-order valence-electron chi connectivity index (χ4n) is 2.92. The molecule has 1 atom stereocenters. The van der Waals surface area contributed by atoms with Gasteiger partial charge in [-0.1, -0.05) is 38.1 Å². The fraction of sp³-hybridized carbons (Fsp3) is 0.611. The number of carboxylic acid groups (broad SMARTS) is 1. The van der Waals surface area contributed by atoms with Crippen molar-refractivity contribution in [2.75, 3.05) is 6.54 Å². The van der Waals surface area contributed by atoms with Gasteiger partial charge in [0, 0.05) is 18.6 Å². The summed E-state index contributed by atoms with van der Waals surface area (Å²) >= 11 is 0. The number of rotatable bonds is 8. The molecule has 3 nitrogen and oxygen atoms in total. The second kappa shape index (κ2) is 7.08. The largest absolute Gasteiger partial charge is 0.481 e. The van der Waals surface area contributed by atoms with E-state index in [-0.39, 0.29) is 6.42 Å². The van der Waals surface area contributed by atoms with E-state index in [1.165, 1.54) is 24.0 Å². The van der Waals surface area contributed by atoms with Crippen LogP contribution in [-0.2, 0) is 11.2 Å². The predicted molar refractivity (Wildman–Crippen MR) is 85.4 cm³/mol. The van der Waals surface area contributed by atoms with Crippen LogP contribution >= 0.6 is 0 Å². The van der Waals surface area contributed by atoms with E-state index in [1.807, 2.05) is 0 Å². The number of aliphatic carboxylic acids is 1. The van der Waals surface area contributed by atoms with Crippen LogP contribution in [0.15, 0.2) is 24.3 Å². The van der Waals surface area contributed by atoms with Crippen LogP contribution in [0.5, 0.6) is 0 Å². The van der Waals surface area contributed by atoms with Crippen molar-refractivity contribution < 1.29 is 9.90 Å². The topological polar surface area (TPSA) is 40.5 Å². The molecule has 1 unspecified atom stereocenters. The van der Waals surface area contributed by atoms with Gasteiger partial charge in [0.25, 0.3) is 0 Å². The number of hydrogen-bond donors (Lipinski definition) is 1. The van der Waals surface area contributed by atoms with Crippen molar-refractivity contribution in [1.82, 2.24) is 4.90 Å². The maximum Gasteiger partial charge on any atom is 0.304 e. The molecular weight excluding hydrogens is 262 g/mol. The average Bonchev–Trinajstić information content (AvgIpc) is 3.23. The normalized spacial score (nSPS) is 16.4. The van der Waals surface area contributed by atoms with Gasteiger partial charge in [0.15, 0.2) is 0 Å². The molecule has 0 saturated heterocycles. The van der Waals surface area contributed by atoms with Crippen LogP contribution in [0.3, 0.4) is 0 Å². The molecule has 0 radical (unpaired) electrons. The number of hydrogen-bond acceptors (Lipinski definition) is 2. The Morgan fingerprint density at radius 3 is 2.33 bits per heavy atom. The highest BCUT2D eigenvalue weighted by molar-refractivity contribution is 5.66. The van der Waals surface area contributed by atoms with Crippen LogP contribution in [0, 0.1) is 5.92 Å². The Kier molecular flexibility index (Phi) is 5.40. The summed E-state index contributed by atoms with van der Waals surface area (Å²) in [6.07, 6.45) is 3.75. The molecule has 2 rings (SSSR count). The molecular formula is C18H27NO2. The number of carbonyl (C=O) groups is 1. The summed E-state index contributed by atoms with van der Waals surface area (Å²) in [5.74, 6) is -0.0352. The number of benzene rings is 1. The molecule has 0 aromatic heterocycles. The summed E-state index contributed by atoms with van der Waals surface area (Å²) in [6.45, 7) is 7.31. The standard InChI is InChI=1S/C18H27NO2/c1-13(2)12-15-4-6-16(7-5-15)14(3)19(17-8-9-17)11-10-18(20)21/h4-7,13-14,17H,8-12H2,1-3H3,(H,20,21). The van der Waals surface area contributed by atoms with Crippen LogP contribution < -0.4 is 0 Å². The Balaban J connectivity index is 2.02. The third kappa shape index (κ3) is 4.85. The molecule has 1 fully saturated rings. The maximum absolute atomic E-state index is 10.8. The van der Waals surface area contributed by atoms with Gasteiger partial charge >= 0.3 is 5.97 Å². The zero-order valence-electron chi connectivity index (χ0n) is 13.4. The van der Waals surface area contributed by atoms with Crippen LogP contribution in [0.4, 0.5) is 0 Å². The average molecular weight is 289 g/mol. The molecule has 0 amide bonds. The van der Waals surface area contributed by atoms with E-state index in [1.54, 1.807) is 0 Å². The second-order valence-electron chi connectivity index (χ2n) is 6.63. The lowest BCUT2D eigenvalue weighted by atomic mass is 9.99. The van der Waals surface area contributed by atoms with Crippen molar-refractivity contribution >= 4 is 5.97 Å². The summed E-state index contributed by atoms with van der Waals surface area (Å²) in [5.41, 5.74) is 2.67. The first-order chi connectivity index (χ1) is 9.97. The lowest BCUT2D eigenvalue weighted by molar-refractivity contribution is -0.137. The highest BCUT2D eigenvalue weighted by atomic mass is 16.4. The van der Waals surface area contributed by atoms with Crippen molar-refractivity contribution in [1.29, 1.82) is 0 Å². The fourth-order valence-corrected chi connectivity index (χ4v) is 2.92. The first kappa shape index (κ1) is 16.0. The summed E-state index contributed by atoms with van der Waals surface area (Å²) < 4.78 is 0. The van der Waals surface area contributed by atoms with E-state index >= 15 is 0 Å². The molecule has 1 aliphatic rings. The second-order valence-corrected chi connectivity index (χ2v) is 6.63. The molecule has 1 N–H and O–H groups in total. The van der Waals surface area contributed by atoms with Crippen molar-refractivity contribution in [3.63, 3.8) is 0 Å². The van der Waals surface area contributed by atoms with Gasteiger partial charge in [0.05, 0.1) is 6.42 Å². The highest BCUT2D eigenvalue weighted by Gasteiger charge is 2.32. The van der Waals surface area contributed by atoms with Crippen LogP contribution in [0.2, 0.25) is 0 Å². The van der Waals surface area contributed by atoms with Crippen LogP contribution in [0.1, 0.15) is 57.2 Å². The minimum absolute atomic E-state index is 0.228. The zero-order valence-corrected chi connectivity index (χ0v) is 13.4. The van der Waals surface area contributed by atoms with Crippen LogP contribution in [0.25, 0.3) is 0 Å². The summed E-state index contributed by atoms with van der Waals surface area (Å²) in [6, 6.07) is 9.72. The smallest absolute Gasteiger partial charge is 0.304 e. The van der Waals surface area contributed by atoms with Gasteiger partial charge in [-0.05, 0) is 43.2 Å². The van der Waals surface area contributed by atoms with E-state index in [2.05, 4.69) is 49.9 Å².